The van der Waals surface area contributed by atoms with Crippen LogP contribution < -0.4 is 9.62 Å². The lowest BCUT2D eigenvalue weighted by Crippen LogP contribution is -2.54. The van der Waals surface area contributed by atoms with Crippen molar-refractivity contribution in [1.82, 2.24) is 14.9 Å². The molecule has 1 aromatic carbocycles. The Hall–Kier alpha value is -2.69. The van der Waals surface area contributed by atoms with Gasteiger partial charge in [0.25, 0.3) is 5.91 Å². The van der Waals surface area contributed by atoms with Gasteiger partial charge < -0.3 is 10.2 Å². The van der Waals surface area contributed by atoms with Crippen LogP contribution in [0, 0.1) is 0 Å². The minimum absolute atomic E-state index is 0.0813. The fourth-order valence-electron chi connectivity index (χ4n) is 4.03. The average molecular weight is 504 g/mol. The highest BCUT2D eigenvalue weighted by Gasteiger charge is 2.35. The van der Waals surface area contributed by atoms with Gasteiger partial charge in [-0.15, -0.1) is 0 Å². The van der Waals surface area contributed by atoms with E-state index in [4.69, 9.17) is 4.84 Å². The summed E-state index contributed by atoms with van der Waals surface area (Å²) in [6.45, 7) is 10.1. The van der Waals surface area contributed by atoms with Crippen molar-refractivity contribution in [1.29, 1.82) is 0 Å². The molecule has 0 bridgehead atoms. The molecule has 0 radical (unpaired) electrons. The van der Waals surface area contributed by atoms with Crippen molar-refractivity contribution in [3.8, 4) is 0 Å². The predicted molar refractivity (Wildman–Crippen MR) is 139 cm³/mol. The van der Waals surface area contributed by atoms with Crippen LogP contribution in [0.4, 0.5) is 11.6 Å². The van der Waals surface area contributed by atoms with Crippen LogP contribution in [0.3, 0.4) is 0 Å². The summed E-state index contributed by atoms with van der Waals surface area (Å²) in [5.74, 6) is 0.381. The molecule has 192 valence electrons. The summed E-state index contributed by atoms with van der Waals surface area (Å²) in [5.41, 5.74) is 1.46. The van der Waals surface area contributed by atoms with E-state index in [1.165, 1.54) is 15.4 Å². The number of pyridine rings is 1. The van der Waals surface area contributed by atoms with Crippen LogP contribution in [0.1, 0.15) is 43.1 Å². The largest absolute Gasteiger partial charge is 0.369 e. The maximum atomic E-state index is 13.4. The highest BCUT2D eigenvalue weighted by Crippen LogP contribution is 2.26. The Morgan fingerprint density at radius 2 is 1.86 bits per heavy atom. The molecule has 1 fully saturated rings. The Morgan fingerprint density at radius 3 is 2.43 bits per heavy atom. The predicted octanol–water partition coefficient (Wildman–Crippen LogP) is 3.01. The number of likely N-dealkylation sites (N-methyl/N-ethyl adjacent to an activating group) is 1. The molecular formula is C25H37N5O4S. The third-order valence-electron chi connectivity index (χ3n) is 6.02. The fraction of sp³-hybridized carbons (Fsp3) is 0.520. The number of nitrogens with zero attached hydrogens (tertiary/aromatic N) is 4. The van der Waals surface area contributed by atoms with E-state index in [-0.39, 0.29) is 24.3 Å². The molecule has 1 amide bonds. The number of rotatable bonds is 13. The van der Waals surface area contributed by atoms with Gasteiger partial charge in [0.1, 0.15) is 11.6 Å². The van der Waals surface area contributed by atoms with E-state index in [1.807, 2.05) is 37.3 Å². The maximum absolute atomic E-state index is 13.4. The summed E-state index contributed by atoms with van der Waals surface area (Å²) in [5, 5.41) is 4.65. The summed E-state index contributed by atoms with van der Waals surface area (Å²) in [6.07, 6.45) is 2.46. The third kappa shape index (κ3) is 7.16. The number of nitrogens with one attached hydrogen (secondary N) is 1. The van der Waals surface area contributed by atoms with Gasteiger partial charge in [-0.3, -0.25) is 13.9 Å². The molecule has 0 aliphatic carbocycles. The van der Waals surface area contributed by atoms with Crippen LogP contribution in [0.15, 0.2) is 42.5 Å². The van der Waals surface area contributed by atoms with Gasteiger partial charge in [-0.25, -0.2) is 18.5 Å². The van der Waals surface area contributed by atoms with Crippen molar-refractivity contribution < 1.29 is 18.0 Å². The number of anilines is 2. The number of hydrogen-bond acceptors (Lipinski definition) is 7. The van der Waals surface area contributed by atoms with E-state index in [9.17, 15) is 13.2 Å². The first kappa shape index (κ1) is 26.9. The van der Waals surface area contributed by atoms with Crippen LogP contribution in [0.2, 0.25) is 0 Å². The second-order valence-corrected chi connectivity index (χ2v) is 10.6. The zero-order valence-corrected chi connectivity index (χ0v) is 21.9. The molecule has 2 heterocycles. The van der Waals surface area contributed by atoms with Gasteiger partial charge in [0, 0.05) is 25.2 Å². The molecule has 0 unspecified atom stereocenters. The van der Waals surface area contributed by atoms with Crippen molar-refractivity contribution >= 4 is 27.6 Å². The minimum Gasteiger partial charge on any atom is -0.369 e. The van der Waals surface area contributed by atoms with Crippen molar-refractivity contribution in [2.24, 2.45) is 0 Å². The Kier molecular flexibility index (Phi) is 9.47. The summed E-state index contributed by atoms with van der Waals surface area (Å²) >= 11 is 0. The zero-order valence-electron chi connectivity index (χ0n) is 21.1. The lowest BCUT2D eigenvalue weighted by atomic mass is 10.0. The van der Waals surface area contributed by atoms with Crippen LogP contribution in [-0.4, -0.2) is 80.9 Å². The molecule has 9 nitrogen and oxygen atoms in total. The van der Waals surface area contributed by atoms with Crippen LogP contribution >= 0.6 is 0 Å². The van der Waals surface area contributed by atoms with Crippen molar-refractivity contribution in [3.05, 3.63) is 53.6 Å². The Morgan fingerprint density at radius 1 is 1.14 bits per heavy atom. The number of amides is 1. The number of carbonyl (C=O) groups excluding carboxylic acids is 1. The molecule has 1 atom stereocenters. The molecular weight excluding hydrogens is 466 g/mol. The van der Waals surface area contributed by atoms with E-state index < -0.39 is 10.0 Å². The van der Waals surface area contributed by atoms with E-state index in [0.29, 0.717) is 37.4 Å². The molecule has 0 saturated carbocycles. The highest BCUT2D eigenvalue weighted by atomic mass is 32.2. The number of aromatic nitrogens is 1. The fourth-order valence-corrected chi connectivity index (χ4v) is 4.97. The Bertz CT molecular complexity index is 1080. The Balaban J connectivity index is 1.86. The molecule has 0 spiro atoms. The topological polar surface area (TPSA) is 95.1 Å². The first-order valence-corrected chi connectivity index (χ1v) is 14.1. The first-order valence-electron chi connectivity index (χ1n) is 12.2. The van der Waals surface area contributed by atoms with Gasteiger partial charge in [0.05, 0.1) is 18.9 Å². The Labute approximate surface area is 209 Å². The molecule has 10 heteroatoms. The molecule has 3 rings (SSSR count). The van der Waals surface area contributed by atoms with E-state index in [0.717, 1.165) is 31.5 Å². The summed E-state index contributed by atoms with van der Waals surface area (Å²) in [4.78, 5) is 25.8. The molecule has 35 heavy (non-hydrogen) atoms. The van der Waals surface area contributed by atoms with Crippen LogP contribution in [-0.2, 0) is 21.3 Å². The molecule has 1 saturated heterocycles. The molecule has 1 aliphatic heterocycles. The maximum Gasteiger partial charge on any atom is 0.278 e. The van der Waals surface area contributed by atoms with E-state index in [2.05, 4.69) is 29.0 Å². The second-order valence-electron chi connectivity index (χ2n) is 8.66. The minimum atomic E-state index is -3.57. The number of hydroxylamine groups is 2. The summed E-state index contributed by atoms with van der Waals surface area (Å²) < 4.78 is 26.2. The van der Waals surface area contributed by atoms with Crippen molar-refractivity contribution in [3.63, 3.8) is 0 Å². The molecule has 1 N–H and O–H groups in total. The number of hydrogen-bond donors (Lipinski definition) is 1. The van der Waals surface area contributed by atoms with Gasteiger partial charge in [0.15, 0.2) is 0 Å². The highest BCUT2D eigenvalue weighted by molar-refractivity contribution is 7.92. The quantitative estimate of drug-likeness (QED) is 0.449. The summed E-state index contributed by atoms with van der Waals surface area (Å²) in [6, 6.07) is 13.1. The summed E-state index contributed by atoms with van der Waals surface area (Å²) in [7, 11) is -3.57. The number of carbonyl (C=O) groups is 1. The van der Waals surface area contributed by atoms with Gasteiger partial charge in [0.2, 0.25) is 10.0 Å². The second kappa shape index (κ2) is 12.3. The molecule has 1 aliphatic rings. The number of benzene rings is 1. The van der Waals surface area contributed by atoms with Crippen LogP contribution in [0.5, 0.6) is 0 Å². The van der Waals surface area contributed by atoms with Crippen LogP contribution in [0.25, 0.3) is 0 Å². The first-order chi connectivity index (χ1) is 16.8. The van der Waals surface area contributed by atoms with Gasteiger partial charge in [-0.1, -0.05) is 51.1 Å². The lowest BCUT2D eigenvalue weighted by Gasteiger charge is -2.39. The molecule has 1 aromatic heterocycles. The van der Waals surface area contributed by atoms with E-state index in [1.54, 1.807) is 6.07 Å². The van der Waals surface area contributed by atoms with Gasteiger partial charge in [-0.2, -0.15) is 0 Å². The zero-order chi connectivity index (χ0) is 25.4. The SMILES string of the molecule is CCCN(c1cc(C(=O)N2OC[C@@H]2Cc2ccccc2)cc(NCCN(CC)CC)n1)S(C)(=O)=O. The normalized spacial score (nSPS) is 15.7. The average Bonchev–Trinajstić information content (AvgIpc) is 2.82. The van der Waals surface area contributed by atoms with Gasteiger partial charge >= 0.3 is 0 Å². The standard InChI is InChI=1S/C25H37N5O4S/c1-5-14-29(35(4,32)33)24-18-21(17-23(27-24)26-13-15-28(6-2)7-3)25(31)30-22(19-34-30)16-20-11-9-8-10-12-20/h8-12,17-18,22H,5-7,13-16,19H2,1-4H3,(H,26,27)/t22-/m0/s1. The lowest BCUT2D eigenvalue weighted by molar-refractivity contribution is -0.249. The van der Waals surface area contributed by atoms with Crippen molar-refractivity contribution in [2.75, 3.05) is 55.2 Å². The number of sulfonamides is 1. The van der Waals surface area contributed by atoms with Gasteiger partial charge in [-0.05, 0) is 43.6 Å². The smallest absolute Gasteiger partial charge is 0.278 e. The third-order valence-corrected chi connectivity index (χ3v) is 7.19. The van der Waals surface area contributed by atoms with E-state index >= 15 is 0 Å². The van der Waals surface area contributed by atoms with Crippen molar-refractivity contribution in [2.45, 2.75) is 39.7 Å². The monoisotopic (exact) mass is 503 g/mol. The molecule has 2 aromatic rings.